The number of rotatable bonds is 3. The summed E-state index contributed by atoms with van der Waals surface area (Å²) < 4.78 is 23.7. The molecule has 0 saturated carbocycles. The number of carbonyl (C=O) groups is 2. The van der Waals surface area contributed by atoms with Gasteiger partial charge < -0.3 is 14.4 Å². The van der Waals surface area contributed by atoms with Gasteiger partial charge >= 0.3 is 0 Å². The SMILES string of the molecule is O=C(c1ccc(F)cc1)C1CCCN(C(=O)c2ccc3c(c2)OCO3)C1. The molecule has 0 aromatic heterocycles. The Kier molecular flexibility index (Phi) is 4.32. The van der Waals surface area contributed by atoms with E-state index in [2.05, 4.69) is 0 Å². The first-order chi connectivity index (χ1) is 12.6. The maximum Gasteiger partial charge on any atom is 0.254 e. The lowest BCUT2D eigenvalue weighted by Crippen LogP contribution is -2.42. The number of nitrogens with zero attached hydrogens (tertiary/aromatic N) is 1. The van der Waals surface area contributed by atoms with Crippen LogP contribution >= 0.6 is 0 Å². The first kappa shape index (κ1) is 16.6. The first-order valence-electron chi connectivity index (χ1n) is 8.60. The summed E-state index contributed by atoms with van der Waals surface area (Å²) in [5, 5.41) is 0. The van der Waals surface area contributed by atoms with Gasteiger partial charge in [-0.2, -0.15) is 0 Å². The lowest BCUT2D eigenvalue weighted by Gasteiger charge is -2.32. The molecule has 26 heavy (non-hydrogen) atoms. The van der Waals surface area contributed by atoms with E-state index in [9.17, 15) is 14.0 Å². The van der Waals surface area contributed by atoms with Crippen molar-refractivity contribution in [3.63, 3.8) is 0 Å². The highest BCUT2D eigenvalue weighted by Gasteiger charge is 2.30. The van der Waals surface area contributed by atoms with Gasteiger partial charge in [-0.05, 0) is 55.3 Å². The molecule has 0 bridgehead atoms. The zero-order valence-electron chi connectivity index (χ0n) is 14.1. The largest absolute Gasteiger partial charge is 0.454 e. The molecule has 0 radical (unpaired) electrons. The van der Waals surface area contributed by atoms with Crippen LogP contribution in [0.15, 0.2) is 42.5 Å². The van der Waals surface area contributed by atoms with E-state index in [1.807, 2.05) is 0 Å². The van der Waals surface area contributed by atoms with Crippen molar-refractivity contribution in [2.24, 2.45) is 5.92 Å². The zero-order valence-corrected chi connectivity index (χ0v) is 14.1. The second-order valence-corrected chi connectivity index (χ2v) is 6.53. The molecule has 1 fully saturated rings. The summed E-state index contributed by atoms with van der Waals surface area (Å²) in [5.41, 5.74) is 0.998. The zero-order chi connectivity index (χ0) is 18.1. The van der Waals surface area contributed by atoms with Crippen LogP contribution in [-0.2, 0) is 0 Å². The molecule has 6 heteroatoms. The van der Waals surface area contributed by atoms with Crippen LogP contribution in [0, 0.1) is 11.7 Å². The van der Waals surface area contributed by atoms with Gasteiger partial charge in [0.1, 0.15) is 5.82 Å². The van der Waals surface area contributed by atoms with Gasteiger partial charge in [0.05, 0.1) is 0 Å². The fourth-order valence-electron chi connectivity index (χ4n) is 3.44. The maximum atomic E-state index is 13.1. The second kappa shape index (κ2) is 6.78. The van der Waals surface area contributed by atoms with Gasteiger partial charge in [0.25, 0.3) is 5.91 Å². The monoisotopic (exact) mass is 355 g/mol. The van der Waals surface area contributed by atoms with Crippen LogP contribution in [0.25, 0.3) is 0 Å². The van der Waals surface area contributed by atoms with Crippen molar-refractivity contribution < 1.29 is 23.5 Å². The highest BCUT2D eigenvalue weighted by Crippen LogP contribution is 2.33. The summed E-state index contributed by atoms with van der Waals surface area (Å²) >= 11 is 0. The number of hydrogen-bond donors (Lipinski definition) is 0. The van der Waals surface area contributed by atoms with Gasteiger partial charge in [-0.25, -0.2) is 4.39 Å². The van der Waals surface area contributed by atoms with E-state index in [0.29, 0.717) is 35.7 Å². The summed E-state index contributed by atoms with van der Waals surface area (Å²) in [5.74, 6) is 0.376. The van der Waals surface area contributed by atoms with Gasteiger partial charge in [-0.15, -0.1) is 0 Å². The standard InChI is InChI=1S/C20H18FNO4/c21-16-6-3-13(4-7-16)19(23)15-2-1-9-22(11-15)20(24)14-5-8-17-18(10-14)26-12-25-17/h3-8,10,15H,1-2,9,11-12H2. The first-order valence-corrected chi connectivity index (χ1v) is 8.60. The number of piperidine rings is 1. The van der Waals surface area contributed by atoms with Crippen molar-refractivity contribution in [1.82, 2.24) is 4.90 Å². The van der Waals surface area contributed by atoms with E-state index in [1.54, 1.807) is 23.1 Å². The van der Waals surface area contributed by atoms with E-state index in [4.69, 9.17) is 9.47 Å². The molecular weight excluding hydrogens is 337 g/mol. The highest BCUT2D eigenvalue weighted by atomic mass is 19.1. The van der Waals surface area contributed by atoms with E-state index in [1.165, 1.54) is 24.3 Å². The summed E-state index contributed by atoms with van der Waals surface area (Å²) in [6, 6.07) is 10.7. The Bertz CT molecular complexity index is 849. The molecule has 1 atom stereocenters. The number of hydrogen-bond acceptors (Lipinski definition) is 4. The predicted octanol–water partition coefficient (Wildman–Crippen LogP) is 3.29. The number of Topliss-reactive ketones (excluding diaryl/α,β-unsaturated/α-hetero) is 1. The molecule has 2 aromatic carbocycles. The van der Waals surface area contributed by atoms with Gasteiger partial charge in [0.15, 0.2) is 17.3 Å². The number of benzene rings is 2. The molecule has 2 aliphatic rings. The molecular formula is C20H18FNO4. The molecule has 1 saturated heterocycles. The Labute approximate surface area is 150 Å². The summed E-state index contributed by atoms with van der Waals surface area (Å²) in [6.07, 6.45) is 1.48. The Hall–Kier alpha value is -2.89. The summed E-state index contributed by atoms with van der Waals surface area (Å²) in [6.45, 7) is 1.13. The van der Waals surface area contributed by atoms with Crippen LogP contribution in [0.3, 0.4) is 0 Å². The summed E-state index contributed by atoms with van der Waals surface area (Å²) in [7, 11) is 0. The third-order valence-corrected chi connectivity index (χ3v) is 4.83. The highest BCUT2D eigenvalue weighted by molar-refractivity contribution is 5.99. The van der Waals surface area contributed by atoms with Crippen molar-refractivity contribution in [1.29, 1.82) is 0 Å². The molecule has 0 N–H and O–H groups in total. The Balaban J connectivity index is 1.48. The van der Waals surface area contributed by atoms with Crippen LogP contribution in [0.5, 0.6) is 11.5 Å². The molecule has 0 aliphatic carbocycles. The number of likely N-dealkylation sites (tertiary alicyclic amines) is 1. The van der Waals surface area contributed by atoms with Gasteiger partial charge in [-0.3, -0.25) is 9.59 Å². The predicted molar refractivity (Wildman–Crippen MR) is 91.9 cm³/mol. The number of halogens is 1. The number of carbonyl (C=O) groups excluding carboxylic acids is 2. The topological polar surface area (TPSA) is 55.8 Å². The molecule has 1 unspecified atom stereocenters. The Morgan fingerprint density at radius 2 is 1.73 bits per heavy atom. The van der Waals surface area contributed by atoms with Crippen molar-refractivity contribution >= 4 is 11.7 Å². The Morgan fingerprint density at radius 1 is 1.00 bits per heavy atom. The van der Waals surface area contributed by atoms with Crippen LogP contribution < -0.4 is 9.47 Å². The van der Waals surface area contributed by atoms with Crippen molar-refractivity contribution in [3.05, 3.63) is 59.4 Å². The van der Waals surface area contributed by atoms with Crippen molar-refractivity contribution in [3.8, 4) is 11.5 Å². The van der Waals surface area contributed by atoms with Crippen molar-refractivity contribution in [2.75, 3.05) is 19.9 Å². The maximum absolute atomic E-state index is 13.1. The average molecular weight is 355 g/mol. The minimum absolute atomic E-state index is 0.0480. The van der Waals surface area contributed by atoms with Crippen LogP contribution in [0.1, 0.15) is 33.6 Å². The molecule has 2 aromatic rings. The minimum Gasteiger partial charge on any atom is -0.454 e. The number of ketones is 1. The molecule has 1 amide bonds. The number of ether oxygens (including phenoxy) is 2. The third kappa shape index (κ3) is 3.14. The number of fused-ring (bicyclic) bond motifs is 1. The molecule has 5 nitrogen and oxygen atoms in total. The molecule has 134 valence electrons. The summed E-state index contributed by atoms with van der Waals surface area (Å²) in [4.78, 5) is 27.2. The van der Waals surface area contributed by atoms with E-state index < -0.39 is 0 Å². The molecule has 0 spiro atoms. The van der Waals surface area contributed by atoms with Crippen LogP contribution in [0.2, 0.25) is 0 Å². The van der Waals surface area contributed by atoms with E-state index >= 15 is 0 Å². The normalized spacial score (nSPS) is 18.7. The van der Waals surface area contributed by atoms with Crippen LogP contribution in [-0.4, -0.2) is 36.5 Å². The fourth-order valence-corrected chi connectivity index (χ4v) is 3.44. The fraction of sp³-hybridized carbons (Fsp3) is 0.300. The molecule has 2 aliphatic heterocycles. The quantitative estimate of drug-likeness (QED) is 0.793. The second-order valence-electron chi connectivity index (χ2n) is 6.53. The number of amides is 1. The van der Waals surface area contributed by atoms with E-state index in [-0.39, 0.29) is 30.2 Å². The lowest BCUT2D eigenvalue weighted by molar-refractivity contribution is 0.0636. The van der Waals surface area contributed by atoms with Crippen molar-refractivity contribution in [2.45, 2.75) is 12.8 Å². The smallest absolute Gasteiger partial charge is 0.254 e. The lowest BCUT2D eigenvalue weighted by atomic mass is 9.89. The van der Waals surface area contributed by atoms with Gasteiger partial charge in [0, 0.05) is 30.1 Å². The van der Waals surface area contributed by atoms with Crippen LogP contribution in [0.4, 0.5) is 4.39 Å². The average Bonchev–Trinajstić information content (AvgIpc) is 3.15. The molecule has 2 heterocycles. The van der Waals surface area contributed by atoms with E-state index in [0.717, 1.165) is 12.8 Å². The molecule has 4 rings (SSSR count). The Morgan fingerprint density at radius 3 is 2.54 bits per heavy atom. The van der Waals surface area contributed by atoms with Gasteiger partial charge in [0.2, 0.25) is 6.79 Å². The third-order valence-electron chi connectivity index (χ3n) is 4.83. The van der Waals surface area contributed by atoms with Gasteiger partial charge in [-0.1, -0.05) is 0 Å². The minimum atomic E-state index is -0.371.